The van der Waals surface area contributed by atoms with Crippen LogP contribution in [-0.4, -0.2) is 19.0 Å². The van der Waals surface area contributed by atoms with Gasteiger partial charge in [-0.05, 0) is 32.6 Å². The molecule has 0 bridgehead atoms. The first-order valence-electron chi connectivity index (χ1n) is 4.60. The van der Waals surface area contributed by atoms with Crippen LogP contribution < -0.4 is 0 Å². The van der Waals surface area contributed by atoms with Crippen LogP contribution >= 0.6 is 0 Å². The molecule has 1 aliphatic heterocycles. The van der Waals surface area contributed by atoms with Crippen LogP contribution in [0, 0.1) is 0 Å². The predicted molar refractivity (Wildman–Crippen MR) is 44.4 cm³/mol. The maximum absolute atomic E-state index is 5.57. The molecule has 0 aliphatic carbocycles. The molecule has 2 nitrogen and oxygen atoms in total. The van der Waals surface area contributed by atoms with Crippen molar-refractivity contribution < 1.29 is 9.47 Å². The monoisotopic (exact) mass is 158 g/mol. The SMILES string of the molecule is CCCO[C@H]1CCCC(C)O1. The van der Waals surface area contributed by atoms with Crippen molar-refractivity contribution in [1.82, 2.24) is 0 Å². The van der Waals surface area contributed by atoms with Crippen molar-refractivity contribution in [2.75, 3.05) is 6.61 Å². The first-order chi connectivity index (χ1) is 5.33. The standard InChI is InChI=1S/C9H18O2/c1-3-7-10-9-6-4-5-8(2)11-9/h8-9H,3-7H2,1-2H3/t8?,9-/m1/s1. The molecular weight excluding hydrogens is 140 g/mol. The first kappa shape index (κ1) is 9.01. The van der Waals surface area contributed by atoms with E-state index in [2.05, 4.69) is 13.8 Å². The molecule has 0 aromatic heterocycles. The quantitative estimate of drug-likeness (QED) is 0.627. The number of hydrogen-bond acceptors (Lipinski definition) is 2. The van der Waals surface area contributed by atoms with Gasteiger partial charge in [0.15, 0.2) is 6.29 Å². The first-order valence-corrected chi connectivity index (χ1v) is 4.60. The molecule has 0 aromatic rings. The van der Waals surface area contributed by atoms with Crippen LogP contribution in [-0.2, 0) is 9.47 Å². The normalized spacial score (nSPS) is 32.2. The molecule has 1 unspecified atom stereocenters. The Bertz CT molecular complexity index is 104. The Morgan fingerprint density at radius 2 is 2.27 bits per heavy atom. The van der Waals surface area contributed by atoms with Crippen molar-refractivity contribution in [3.63, 3.8) is 0 Å². The topological polar surface area (TPSA) is 18.5 Å². The Hall–Kier alpha value is -0.0800. The second-order valence-corrected chi connectivity index (χ2v) is 3.18. The molecule has 1 saturated heterocycles. The van der Waals surface area contributed by atoms with Crippen molar-refractivity contribution in [2.24, 2.45) is 0 Å². The molecule has 2 heteroatoms. The third-order valence-electron chi connectivity index (χ3n) is 1.94. The highest BCUT2D eigenvalue weighted by Crippen LogP contribution is 2.19. The fourth-order valence-electron chi connectivity index (χ4n) is 1.34. The van der Waals surface area contributed by atoms with Crippen LogP contribution in [0.1, 0.15) is 39.5 Å². The summed E-state index contributed by atoms with van der Waals surface area (Å²) >= 11 is 0. The van der Waals surface area contributed by atoms with Crippen LogP contribution in [0.5, 0.6) is 0 Å². The lowest BCUT2D eigenvalue weighted by Gasteiger charge is -2.27. The zero-order valence-electron chi connectivity index (χ0n) is 7.51. The predicted octanol–water partition coefficient (Wildman–Crippen LogP) is 2.33. The van der Waals surface area contributed by atoms with Crippen molar-refractivity contribution in [1.29, 1.82) is 0 Å². The van der Waals surface area contributed by atoms with Gasteiger partial charge in [0, 0.05) is 6.61 Å². The van der Waals surface area contributed by atoms with Gasteiger partial charge < -0.3 is 9.47 Å². The van der Waals surface area contributed by atoms with Gasteiger partial charge in [-0.1, -0.05) is 6.92 Å². The molecule has 0 aromatic carbocycles. The summed E-state index contributed by atoms with van der Waals surface area (Å²) in [4.78, 5) is 0. The molecule has 1 rings (SSSR count). The van der Waals surface area contributed by atoms with Crippen LogP contribution in [0.2, 0.25) is 0 Å². The van der Waals surface area contributed by atoms with Gasteiger partial charge in [-0.15, -0.1) is 0 Å². The number of ether oxygens (including phenoxy) is 2. The molecule has 11 heavy (non-hydrogen) atoms. The molecule has 0 radical (unpaired) electrons. The van der Waals surface area contributed by atoms with Crippen LogP contribution in [0.4, 0.5) is 0 Å². The van der Waals surface area contributed by atoms with Gasteiger partial charge in [0.1, 0.15) is 0 Å². The van der Waals surface area contributed by atoms with Crippen molar-refractivity contribution in [2.45, 2.75) is 51.9 Å². The Balaban J connectivity index is 2.12. The minimum Gasteiger partial charge on any atom is -0.353 e. The van der Waals surface area contributed by atoms with E-state index in [9.17, 15) is 0 Å². The van der Waals surface area contributed by atoms with E-state index in [0.29, 0.717) is 6.10 Å². The van der Waals surface area contributed by atoms with E-state index in [1.165, 1.54) is 12.8 Å². The highest BCUT2D eigenvalue weighted by atomic mass is 16.7. The smallest absolute Gasteiger partial charge is 0.157 e. The molecular formula is C9H18O2. The molecule has 0 spiro atoms. The summed E-state index contributed by atoms with van der Waals surface area (Å²) in [5.74, 6) is 0. The maximum Gasteiger partial charge on any atom is 0.157 e. The number of rotatable bonds is 3. The largest absolute Gasteiger partial charge is 0.353 e. The summed E-state index contributed by atoms with van der Waals surface area (Å²) in [6.07, 6.45) is 5.06. The summed E-state index contributed by atoms with van der Waals surface area (Å²) in [5, 5.41) is 0. The average Bonchev–Trinajstić information content (AvgIpc) is 2.01. The van der Waals surface area contributed by atoms with E-state index in [1.54, 1.807) is 0 Å². The fraction of sp³-hybridized carbons (Fsp3) is 1.00. The molecule has 1 fully saturated rings. The Kier molecular flexibility index (Phi) is 3.87. The van der Waals surface area contributed by atoms with Gasteiger partial charge in [0.25, 0.3) is 0 Å². The molecule has 2 atom stereocenters. The third-order valence-corrected chi connectivity index (χ3v) is 1.94. The molecule has 1 aliphatic rings. The van der Waals surface area contributed by atoms with Crippen molar-refractivity contribution >= 4 is 0 Å². The van der Waals surface area contributed by atoms with E-state index in [4.69, 9.17) is 9.47 Å². The van der Waals surface area contributed by atoms with Gasteiger partial charge in [0.2, 0.25) is 0 Å². The molecule has 66 valence electrons. The molecule has 1 heterocycles. The summed E-state index contributed by atoms with van der Waals surface area (Å²) in [6, 6.07) is 0. The van der Waals surface area contributed by atoms with Gasteiger partial charge in [-0.2, -0.15) is 0 Å². The van der Waals surface area contributed by atoms with Gasteiger partial charge in [0.05, 0.1) is 6.10 Å². The Morgan fingerprint density at radius 3 is 2.91 bits per heavy atom. The zero-order valence-corrected chi connectivity index (χ0v) is 7.51. The lowest BCUT2D eigenvalue weighted by molar-refractivity contribution is -0.188. The summed E-state index contributed by atoms with van der Waals surface area (Å²) < 4.78 is 11.0. The van der Waals surface area contributed by atoms with Crippen LogP contribution in [0.3, 0.4) is 0 Å². The molecule has 0 N–H and O–H groups in total. The van der Waals surface area contributed by atoms with Gasteiger partial charge in [-0.25, -0.2) is 0 Å². The maximum atomic E-state index is 5.57. The zero-order chi connectivity index (χ0) is 8.10. The highest BCUT2D eigenvalue weighted by molar-refractivity contribution is 4.61. The second-order valence-electron chi connectivity index (χ2n) is 3.18. The van der Waals surface area contributed by atoms with E-state index >= 15 is 0 Å². The average molecular weight is 158 g/mol. The third kappa shape index (κ3) is 3.21. The van der Waals surface area contributed by atoms with E-state index < -0.39 is 0 Å². The minimum absolute atomic E-state index is 0.0821. The molecule has 0 saturated carbocycles. The lowest BCUT2D eigenvalue weighted by Crippen LogP contribution is -2.27. The van der Waals surface area contributed by atoms with Crippen molar-refractivity contribution in [3.05, 3.63) is 0 Å². The number of hydrogen-bond donors (Lipinski definition) is 0. The van der Waals surface area contributed by atoms with Crippen molar-refractivity contribution in [3.8, 4) is 0 Å². The van der Waals surface area contributed by atoms with Gasteiger partial charge in [-0.3, -0.25) is 0 Å². The Morgan fingerprint density at radius 1 is 1.45 bits per heavy atom. The Labute approximate surface area is 68.9 Å². The lowest BCUT2D eigenvalue weighted by atomic mass is 10.1. The highest BCUT2D eigenvalue weighted by Gasteiger charge is 2.18. The second kappa shape index (κ2) is 4.73. The summed E-state index contributed by atoms with van der Waals surface area (Å²) in [5.41, 5.74) is 0. The van der Waals surface area contributed by atoms with Crippen LogP contribution in [0.25, 0.3) is 0 Å². The van der Waals surface area contributed by atoms with Gasteiger partial charge >= 0.3 is 0 Å². The minimum atomic E-state index is 0.0821. The summed E-state index contributed by atoms with van der Waals surface area (Å²) in [6.45, 7) is 5.06. The van der Waals surface area contributed by atoms with E-state index in [1.807, 2.05) is 0 Å². The van der Waals surface area contributed by atoms with Crippen LogP contribution in [0.15, 0.2) is 0 Å². The fourth-order valence-corrected chi connectivity index (χ4v) is 1.34. The van der Waals surface area contributed by atoms with E-state index in [0.717, 1.165) is 19.4 Å². The van der Waals surface area contributed by atoms with E-state index in [-0.39, 0.29) is 6.29 Å². The molecule has 0 amide bonds. The summed E-state index contributed by atoms with van der Waals surface area (Å²) in [7, 11) is 0.